The van der Waals surface area contributed by atoms with Gasteiger partial charge < -0.3 is 10.1 Å². The predicted molar refractivity (Wildman–Crippen MR) is 91.5 cm³/mol. The second kappa shape index (κ2) is 9.30. The first-order valence-corrected chi connectivity index (χ1v) is 7.77. The minimum atomic E-state index is -0.229. The highest BCUT2D eigenvalue weighted by Crippen LogP contribution is 2.00. The van der Waals surface area contributed by atoms with Gasteiger partial charge in [0.25, 0.3) is 0 Å². The molecular weight excluding hydrogens is 298 g/mol. The molecule has 1 saturated heterocycles. The Labute approximate surface area is 136 Å². The lowest BCUT2D eigenvalue weighted by atomic mass is 10.2. The molecule has 0 saturated carbocycles. The van der Waals surface area contributed by atoms with Gasteiger partial charge in [-0.1, -0.05) is 30.3 Å². The Morgan fingerprint density at radius 1 is 1.27 bits per heavy atom. The van der Waals surface area contributed by atoms with Gasteiger partial charge >= 0.3 is 0 Å². The largest absolute Gasteiger partial charge is 0.379 e. The van der Waals surface area contributed by atoms with E-state index in [1.807, 2.05) is 30.3 Å². The summed E-state index contributed by atoms with van der Waals surface area (Å²) in [5.74, 6) is -0.229. The highest BCUT2D eigenvalue weighted by Gasteiger charge is 2.09. The minimum absolute atomic E-state index is 0.229. The highest BCUT2D eigenvalue weighted by atomic mass is 32.1. The Kier molecular flexibility index (Phi) is 7.02. The van der Waals surface area contributed by atoms with Gasteiger partial charge in [0, 0.05) is 32.3 Å². The maximum atomic E-state index is 11.7. The molecule has 0 radical (unpaired) electrons. The molecule has 0 unspecified atom stereocenters. The summed E-state index contributed by atoms with van der Waals surface area (Å²) in [6, 6.07) is 9.65. The van der Waals surface area contributed by atoms with Crippen LogP contribution in [0.2, 0.25) is 0 Å². The fraction of sp³-hybridized carbons (Fsp3) is 0.375. The summed E-state index contributed by atoms with van der Waals surface area (Å²) >= 11 is 5.11. The number of amides is 1. The van der Waals surface area contributed by atoms with E-state index in [1.54, 1.807) is 6.08 Å². The van der Waals surface area contributed by atoms with E-state index >= 15 is 0 Å². The second-order valence-corrected chi connectivity index (χ2v) is 5.35. The predicted octanol–water partition coefficient (Wildman–Crippen LogP) is 1.02. The summed E-state index contributed by atoms with van der Waals surface area (Å²) in [6.07, 6.45) is 3.23. The quantitative estimate of drug-likeness (QED) is 0.627. The van der Waals surface area contributed by atoms with Gasteiger partial charge in [0.2, 0.25) is 5.91 Å². The third-order valence-electron chi connectivity index (χ3n) is 3.28. The third kappa shape index (κ3) is 6.34. The molecule has 1 fully saturated rings. The lowest BCUT2D eigenvalue weighted by Crippen LogP contribution is -2.44. The molecule has 1 aliphatic heterocycles. The van der Waals surface area contributed by atoms with Crippen molar-refractivity contribution in [2.24, 2.45) is 0 Å². The molecule has 0 aliphatic carbocycles. The fourth-order valence-electron chi connectivity index (χ4n) is 2.09. The molecule has 1 aromatic rings. The molecule has 22 heavy (non-hydrogen) atoms. The van der Waals surface area contributed by atoms with Gasteiger partial charge in [0.15, 0.2) is 5.11 Å². The molecule has 118 valence electrons. The Morgan fingerprint density at radius 2 is 2.00 bits per heavy atom. The number of thiocarbonyl (C=S) groups is 1. The molecule has 0 atom stereocenters. The monoisotopic (exact) mass is 319 g/mol. The Hall–Kier alpha value is -1.76. The van der Waals surface area contributed by atoms with Crippen molar-refractivity contribution in [2.75, 3.05) is 39.4 Å². The summed E-state index contributed by atoms with van der Waals surface area (Å²) in [5, 5.41) is 6.04. The first-order valence-electron chi connectivity index (χ1n) is 7.36. The molecule has 2 N–H and O–H groups in total. The van der Waals surface area contributed by atoms with E-state index < -0.39 is 0 Å². The number of hydrogen-bond donors (Lipinski definition) is 2. The smallest absolute Gasteiger partial charge is 0.250 e. The van der Waals surface area contributed by atoms with E-state index in [-0.39, 0.29) is 5.91 Å². The molecule has 0 aromatic heterocycles. The fourth-order valence-corrected chi connectivity index (χ4v) is 2.29. The van der Waals surface area contributed by atoms with Crippen LogP contribution in [0.5, 0.6) is 0 Å². The zero-order valence-corrected chi connectivity index (χ0v) is 13.3. The zero-order chi connectivity index (χ0) is 15.6. The van der Waals surface area contributed by atoms with Crippen LogP contribution >= 0.6 is 12.2 Å². The number of carbonyl (C=O) groups excluding carboxylic acids is 1. The van der Waals surface area contributed by atoms with Crippen LogP contribution in [0.25, 0.3) is 6.08 Å². The number of ether oxygens (including phenoxy) is 1. The average Bonchev–Trinajstić information content (AvgIpc) is 2.55. The topological polar surface area (TPSA) is 53.6 Å². The van der Waals surface area contributed by atoms with Gasteiger partial charge in [-0.3, -0.25) is 15.0 Å². The van der Waals surface area contributed by atoms with Crippen LogP contribution in [-0.2, 0) is 9.53 Å². The SMILES string of the molecule is O=C(/C=C/c1ccccc1)NC(=S)NCCN1CCOCC1. The molecule has 1 amide bonds. The van der Waals surface area contributed by atoms with Crippen LogP contribution in [0.15, 0.2) is 36.4 Å². The Bertz CT molecular complexity index is 513. The van der Waals surface area contributed by atoms with Crippen LogP contribution in [-0.4, -0.2) is 55.3 Å². The zero-order valence-electron chi connectivity index (χ0n) is 12.5. The van der Waals surface area contributed by atoms with Crippen LogP contribution in [0.4, 0.5) is 0 Å². The van der Waals surface area contributed by atoms with Crippen molar-refractivity contribution >= 4 is 29.3 Å². The number of hydrogen-bond acceptors (Lipinski definition) is 4. The summed E-state index contributed by atoms with van der Waals surface area (Å²) < 4.78 is 5.29. The normalized spacial score (nSPS) is 15.6. The van der Waals surface area contributed by atoms with Crippen molar-refractivity contribution in [3.8, 4) is 0 Å². The molecule has 6 heteroatoms. The first-order chi connectivity index (χ1) is 10.7. The summed E-state index contributed by atoms with van der Waals surface area (Å²) in [7, 11) is 0. The van der Waals surface area contributed by atoms with Crippen molar-refractivity contribution in [1.29, 1.82) is 0 Å². The minimum Gasteiger partial charge on any atom is -0.379 e. The van der Waals surface area contributed by atoms with Crippen molar-refractivity contribution in [2.45, 2.75) is 0 Å². The molecule has 2 rings (SSSR count). The van der Waals surface area contributed by atoms with E-state index in [4.69, 9.17) is 17.0 Å². The van der Waals surface area contributed by atoms with Gasteiger partial charge in [0.05, 0.1) is 13.2 Å². The second-order valence-electron chi connectivity index (χ2n) is 4.94. The van der Waals surface area contributed by atoms with Gasteiger partial charge in [-0.05, 0) is 23.9 Å². The Morgan fingerprint density at radius 3 is 2.73 bits per heavy atom. The van der Waals surface area contributed by atoms with E-state index in [9.17, 15) is 4.79 Å². The van der Waals surface area contributed by atoms with Crippen molar-refractivity contribution in [3.05, 3.63) is 42.0 Å². The standard InChI is InChI=1S/C16H21N3O2S/c20-15(7-6-14-4-2-1-3-5-14)18-16(22)17-8-9-19-10-12-21-13-11-19/h1-7H,8-13H2,(H2,17,18,20,22)/b7-6+. The van der Waals surface area contributed by atoms with E-state index in [2.05, 4.69) is 15.5 Å². The summed E-state index contributed by atoms with van der Waals surface area (Å²) in [5.41, 5.74) is 0.976. The van der Waals surface area contributed by atoms with Crippen LogP contribution in [0, 0.1) is 0 Å². The Balaban J connectivity index is 1.63. The molecule has 1 heterocycles. The number of nitrogens with zero attached hydrogens (tertiary/aromatic N) is 1. The number of carbonyl (C=O) groups is 1. The van der Waals surface area contributed by atoms with Crippen molar-refractivity contribution < 1.29 is 9.53 Å². The van der Waals surface area contributed by atoms with E-state index in [0.717, 1.165) is 38.4 Å². The van der Waals surface area contributed by atoms with E-state index in [1.165, 1.54) is 6.08 Å². The summed E-state index contributed by atoms with van der Waals surface area (Å²) in [4.78, 5) is 14.0. The molecule has 5 nitrogen and oxygen atoms in total. The van der Waals surface area contributed by atoms with Crippen molar-refractivity contribution in [1.82, 2.24) is 15.5 Å². The van der Waals surface area contributed by atoms with Gasteiger partial charge in [-0.15, -0.1) is 0 Å². The number of morpholine rings is 1. The third-order valence-corrected chi connectivity index (χ3v) is 3.53. The molecule has 0 bridgehead atoms. The molecule has 0 spiro atoms. The lowest BCUT2D eigenvalue weighted by molar-refractivity contribution is -0.115. The maximum Gasteiger partial charge on any atom is 0.250 e. The van der Waals surface area contributed by atoms with Gasteiger partial charge in [-0.2, -0.15) is 0 Å². The van der Waals surface area contributed by atoms with Gasteiger partial charge in [-0.25, -0.2) is 0 Å². The molecular formula is C16H21N3O2S. The number of rotatable bonds is 5. The van der Waals surface area contributed by atoms with E-state index in [0.29, 0.717) is 11.7 Å². The maximum absolute atomic E-state index is 11.7. The lowest BCUT2D eigenvalue weighted by Gasteiger charge is -2.26. The van der Waals surface area contributed by atoms with Crippen LogP contribution < -0.4 is 10.6 Å². The number of benzene rings is 1. The van der Waals surface area contributed by atoms with Crippen LogP contribution in [0.3, 0.4) is 0 Å². The number of nitrogens with one attached hydrogen (secondary N) is 2. The first kappa shape index (κ1) is 16.6. The molecule has 1 aliphatic rings. The molecule has 1 aromatic carbocycles. The van der Waals surface area contributed by atoms with Crippen LogP contribution in [0.1, 0.15) is 5.56 Å². The van der Waals surface area contributed by atoms with Crippen molar-refractivity contribution in [3.63, 3.8) is 0 Å². The summed E-state index contributed by atoms with van der Waals surface area (Å²) in [6.45, 7) is 5.05. The van der Waals surface area contributed by atoms with Gasteiger partial charge in [0.1, 0.15) is 0 Å². The highest BCUT2D eigenvalue weighted by molar-refractivity contribution is 7.80. The average molecular weight is 319 g/mol.